The number of aromatic nitrogens is 4. The minimum Gasteiger partial charge on any atom is -0.256 e. The average molecular weight is 264 g/mol. The Morgan fingerprint density at radius 3 is 2.85 bits per heavy atom. The summed E-state index contributed by atoms with van der Waals surface area (Å²) in [6.45, 7) is 0. The second-order valence-corrected chi connectivity index (χ2v) is 5.40. The van der Waals surface area contributed by atoms with Gasteiger partial charge >= 0.3 is 0 Å². The van der Waals surface area contributed by atoms with Crippen LogP contribution in [-0.2, 0) is 0 Å². The third-order valence-electron chi connectivity index (χ3n) is 4.13. The van der Waals surface area contributed by atoms with Crippen LogP contribution in [-0.4, -0.2) is 20.0 Å². The van der Waals surface area contributed by atoms with Crippen LogP contribution in [0, 0.1) is 0 Å². The second-order valence-electron chi connectivity index (χ2n) is 5.40. The van der Waals surface area contributed by atoms with Crippen LogP contribution in [0.3, 0.4) is 0 Å². The predicted octanol–water partition coefficient (Wildman–Crippen LogP) is 3.61. The highest BCUT2D eigenvalue weighted by molar-refractivity contribution is 5.93. The van der Waals surface area contributed by atoms with E-state index in [2.05, 4.69) is 33.6 Å². The lowest BCUT2D eigenvalue weighted by atomic mass is 10.1. The lowest BCUT2D eigenvalue weighted by Gasteiger charge is -2.07. The molecule has 0 radical (unpaired) electrons. The summed E-state index contributed by atoms with van der Waals surface area (Å²) in [6, 6.07) is 10.7. The van der Waals surface area contributed by atoms with E-state index in [1.54, 1.807) is 0 Å². The fraction of sp³-hybridized carbons (Fsp3) is 0.312. The summed E-state index contributed by atoms with van der Waals surface area (Å²) < 4.78 is 2.04. The van der Waals surface area contributed by atoms with Gasteiger partial charge in [-0.15, -0.1) is 5.10 Å². The van der Waals surface area contributed by atoms with Gasteiger partial charge in [-0.1, -0.05) is 36.3 Å². The standard InChI is InChI=1S/C16H16N4/c1-2-6-12(5-1)20-11-16(18-19-20)14-7-3-9-15-13(14)8-4-10-17-15/h3-4,7-12H,1-2,5-6H2. The second kappa shape index (κ2) is 4.71. The van der Waals surface area contributed by atoms with Crippen LogP contribution in [0.1, 0.15) is 31.7 Å². The minimum absolute atomic E-state index is 0.532. The van der Waals surface area contributed by atoms with Crippen molar-refractivity contribution in [3.8, 4) is 11.3 Å². The van der Waals surface area contributed by atoms with E-state index in [1.807, 2.05) is 29.1 Å². The van der Waals surface area contributed by atoms with Crippen molar-refractivity contribution in [1.29, 1.82) is 0 Å². The molecule has 2 heterocycles. The summed E-state index contributed by atoms with van der Waals surface area (Å²) in [7, 11) is 0. The van der Waals surface area contributed by atoms with E-state index >= 15 is 0 Å². The Morgan fingerprint density at radius 1 is 1.05 bits per heavy atom. The molecule has 1 aliphatic carbocycles. The Balaban J connectivity index is 1.79. The van der Waals surface area contributed by atoms with Crippen molar-refractivity contribution in [3.05, 3.63) is 42.7 Å². The van der Waals surface area contributed by atoms with Gasteiger partial charge in [-0.25, -0.2) is 4.68 Å². The molecule has 4 rings (SSSR count). The van der Waals surface area contributed by atoms with Gasteiger partial charge in [-0.05, 0) is 25.0 Å². The van der Waals surface area contributed by atoms with Crippen LogP contribution in [0.4, 0.5) is 0 Å². The molecule has 1 fully saturated rings. The fourth-order valence-electron chi connectivity index (χ4n) is 3.07. The molecule has 20 heavy (non-hydrogen) atoms. The Labute approximate surface area is 117 Å². The van der Waals surface area contributed by atoms with E-state index in [9.17, 15) is 0 Å². The first-order valence-electron chi connectivity index (χ1n) is 7.18. The number of pyridine rings is 1. The molecule has 0 N–H and O–H groups in total. The number of benzene rings is 1. The summed E-state index contributed by atoms with van der Waals surface area (Å²) in [5.74, 6) is 0. The van der Waals surface area contributed by atoms with Crippen LogP contribution < -0.4 is 0 Å². The molecular formula is C16H16N4. The molecular weight excluding hydrogens is 248 g/mol. The molecule has 1 saturated carbocycles. The van der Waals surface area contributed by atoms with Crippen molar-refractivity contribution in [3.63, 3.8) is 0 Å². The van der Waals surface area contributed by atoms with Crippen molar-refractivity contribution in [2.24, 2.45) is 0 Å². The van der Waals surface area contributed by atoms with Crippen LogP contribution in [0.25, 0.3) is 22.2 Å². The van der Waals surface area contributed by atoms with Crippen LogP contribution in [0.5, 0.6) is 0 Å². The van der Waals surface area contributed by atoms with Crippen molar-refractivity contribution in [2.75, 3.05) is 0 Å². The van der Waals surface area contributed by atoms with E-state index in [0.717, 1.165) is 22.2 Å². The molecule has 4 nitrogen and oxygen atoms in total. The lowest BCUT2D eigenvalue weighted by Crippen LogP contribution is -2.04. The van der Waals surface area contributed by atoms with Gasteiger partial charge in [0.25, 0.3) is 0 Å². The zero-order valence-corrected chi connectivity index (χ0v) is 11.2. The van der Waals surface area contributed by atoms with Gasteiger partial charge < -0.3 is 0 Å². The third kappa shape index (κ3) is 1.88. The predicted molar refractivity (Wildman–Crippen MR) is 78.3 cm³/mol. The highest BCUT2D eigenvalue weighted by atomic mass is 15.4. The Kier molecular flexibility index (Phi) is 2.73. The fourth-order valence-corrected chi connectivity index (χ4v) is 3.07. The van der Waals surface area contributed by atoms with E-state index in [4.69, 9.17) is 0 Å². The van der Waals surface area contributed by atoms with E-state index in [-0.39, 0.29) is 0 Å². The summed E-state index contributed by atoms with van der Waals surface area (Å²) in [4.78, 5) is 4.40. The molecule has 1 aliphatic rings. The van der Waals surface area contributed by atoms with Crippen LogP contribution >= 0.6 is 0 Å². The zero-order chi connectivity index (χ0) is 13.4. The van der Waals surface area contributed by atoms with Gasteiger partial charge in [0, 0.05) is 17.1 Å². The first-order valence-corrected chi connectivity index (χ1v) is 7.18. The first-order chi connectivity index (χ1) is 9.92. The number of hydrogen-bond acceptors (Lipinski definition) is 3. The van der Waals surface area contributed by atoms with Crippen molar-refractivity contribution < 1.29 is 0 Å². The quantitative estimate of drug-likeness (QED) is 0.710. The Morgan fingerprint density at radius 2 is 1.95 bits per heavy atom. The number of hydrogen-bond donors (Lipinski definition) is 0. The molecule has 0 atom stereocenters. The van der Waals surface area contributed by atoms with Gasteiger partial charge in [0.05, 0.1) is 17.8 Å². The number of fused-ring (bicyclic) bond motifs is 1. The molecule has 0 aliphatic heterocycles. The molecule has 0 unspecified atom stereocenters. The molecule has 1 aromatic carbocycles. The van der Waals surface area contributed by atoms with Crippen LogP contribution in [0.15, 0.2) is 42.7 Å². The topological polar surface area (TPSA) is 43.6 Å². The monoisotopic (exact) mass is 264 g/mol. The highest BCUT2D eigenvalue weighted by Gasteiger charge is 2.19. The van der Waals surface area contributed by atoms with Gasteiger partial charge in [-0.3, -0.25) is 4.98 Å². The molecule has 100 valence electrons. The maximum Gasteiger partial charge on any atom is 0.113 e. The van der Waals surface area contributed by atoms with Crippen LogP contribution in [0.2, 0.25) is 0 Å². The number of rotatable bonds is 2. The summed E-state index contributed by atoms with van der Waals surface area (Å²) in [5, 5.41) is 9.83. The summed E-state index contributed by atoms with van der Waals surface area (Å²) >= 11 is 0. The zero-order valence-electron chi connectivity index (χ0n) is 11.2. The van der Waals surface area contributed by atoms with Gasteiger partial charge in [0.15, 0.2) is 0 Å². The molecule has 0 bridgehead atoms. The minimum atomic E-state index is 0.532. The van der Waals surface area contributed by atoms with Gasteiger partial charge in [0.2, 0.25) is 0 Å². The Bertz CT molecular complexity index is 736. The SMILES string of the molecule is c1cc(-c2cn(C3CCCC3)nn2)c2cccnc2c1. The molecule has 3 aromatic rings. The maximum absolute atomic E-state index is 4.40. The largest absolute Gasteiger partial charge is 0.256 e. The lowest BCUT2D eigenvalue weighted by molar-refractivity contribution is 0.454. The number of nitrogens with zero attached hydrogens (tertiary/aromatic N) is 4. The maximum atomic E-state index is 4.40. The van der Waals surface area contributed by atoms with Crippen molar-refractivity contribution in [1.82, 2.24) is 20.0 Å². The first kappa shape index (κ1) is 11.6. The molecule has 0 amide bonds. The summed E-state index contributed by atoms with van der Waals surface area (Å²) in [6.07, 6.45) is 8.95. The van der Waals surface area contributed by atoms with Gasteiger partial charge in [-0.2, -0.15) is 0 Å². The van der Waals surface area contributed by atoms with Crippen molar-refractivity contribution in [2.45, 2.75) is 31.7 Å². The Hall–Kier alpha value is -2.23. The van der Waals surface area contributed by atoms with Crippen molar-refractivity contribution >= 4 is 10.9 Å². The van der Waals surface area contributed by atoms with E-state index < -0.39 is 0 Å². The van der Waals surface area contributed by atoms with E-state index in [1.165, 1.54) is 25.7 Å². The molecule has 0 saturated heterocycles. The average Bonchev–Trinajstić information content (AvgIpc) is 3.17. The smallest absolute Gasteiger partial charge is 0.113 e. The third-order valence-corrected chi connectivity index (χ3v) is 4.13. The van der Waals surface area contributed by atoms with E-state index in [0.29, 0.717) is 6.04 Å². The molecule has 0 spiro atoms. The summed E-state index contributed by atoms with van der Waals surface area (Å²) in [5.41, 5.74) is 3.05. The van der Waals surface area contributed by atoms with Gasteiger partial charge in [0.1, 0.15) is 5.69 Å². The molecule has 2 aromatic heterocycles. The highest BCUT2D eigenvalue weighted by Crippen LogP contribution is 2.31. The molecule has 4 heteroatoms. The normalized spacial score (nSPS) is 16.0.